The first-order valence-electron chi connectivity index (χ1n) is 6.40. The molecule has 0 amide bonds. The molecule has 2 rings (SSSR count). The largest absolute Gasteiger partial charge is 0.489 e. The van der Waals surface area contributed by atoms with E-state index in [-0.39, 0.29) is 18.5 Å². The van der Waals surface area contributed by atoms with Gasteiger partial charge < -0.3 is 10.5 Å². The lowest BCUT2D eigenvalue weighted by atomic mass is 10.1. The van der Waals surface area contributed by atoms with Crippen LogP contribution < -0.4 is 10.5 Å². The SMILES string of the molecule is Cc1ccc(OCc2ccc(F)cc2Cl)c([C@H](C)N)c1. The standard InChI is InChI=1S/C16H17ClFNO/c1-10-3-6-16(14(7-10)11(2)19)20-9-12-4-5-13(18)8-15(12)17/h3-8,11H,9,19H2,1-2H3/t11-/m0/s1. The molecule has 0 aromatic heterocycles. The fourth-order valence-corrected chi connectivity index (χ4v) is 2.17. The molecule has 2 aromatic rings. The van der Waals surface area contributed by atoms with Gasteiger partial charge in [0.25, 0.3) is 0 Å². The Morgan fingerprint density at radius 2 is 2.00 bits per heavy atom. The Morgan fingerprint density at radius 1 is 1.25 bits per heavy atom. The number of hydrogen-bond donors (Lipinski definition) is 1. The Bertz CT molecular complexity index is 613. The van der Waals surface area contributed by atoms with E-state index in [1.54, 1.807) is 6.07 Å². The van der Waals surface area contributed by atoms with Crippen LogP contribution in [0.15, 0.2) is 36.4 Å². The van der Waals surface area contributed by atoms with Crippen molar-refractivity contribution in [3.63, 3.8) is 0 Å². The van der Waals surface area contributed by atoms with Crippen LogP contribution in [0.25, 0.3) is 0 Å². The molecular weight excluding hydrogens is 277 g/mol. The Hall–Kier alpha value is -1.58. The van der Waals surface area contributed by atoms with Gasteiger partial charge in [-0.15, -0.1) is 0 Å². The third kappa shape index (κ3) is 3.50. The normalized spacial score (nSPS) is 12.2. The van der Waals surface area contributed by atoms with E-state index in [0.29, 0.717) is 5.02 Å². The van der Waals surface area contributed by atoms with Gasteiger partial charge in [0.1, 0.15) is 18.2 Å². The fourth-order valence-electron chi connectivity index (χ4n) is 1.95. The van der Waals surface area contributed by atoms with Crippen LogP contribution in [0.2, 0.25) is 5.02 Å². The van der Waals surface area contributed by atoms with E-state index in [4.69, 9.17) is 22.1 Å². The van der Waals surface area contributed by atoms with E-state index < -0.39 is 0 Å². The van der Waals surface area contributed by atoms with E-state index in [2.05, 4.69) is 0 Å². The Labute approximate surface area is 123 Å². The lowest BCUT2D eigenvalue weighted by molar-refractivity contribution is 0.301. The van der Waals surface area contributed by atoms with Crippen molar-refractivity contribution in [2.75, 3.05) is 0 Å². The highest BCUT2D eigenvalue weighted by Crippen LogP contribution is 2.27. The van der Waals surface area contributed by atoms with Gasteiger partial charge in [0.2, 0.25) is 0 Å². The highest BCUT2D eigenvalue weighted by molar-refractivity contribution is 6.31. The molecule has 1 atom stereocenters. The first-order valence-corrected chi connectivity index (χ1v) is 6.78. The van der Waals surface area contributed by atoms with Gasteiger partial charge in [-0.25, -0.2) is 4.39 Å². The maximum Gasteiger partial charge on any atom is 0.124 e. The zero-order valence-electron chi connectivity index (χ0n) is 11.5. The molecule has 4 heteroatoms. The van der Waals surface area contributed by atoms with Gasteiger partial charge in [0.05, 0.1) is 5.02 Å². The molecule has 0 spiro atoms. The lowest BCUT2D eigenvalue weighted by Gasteiger charge is -2.15. The monoisotopic (exact) mass is 293 g/mol. The van der Waals surface area contributed by atoms with E-state index in [1.807, 2.05) is 32.0 Å². The summed E-state index contributed by atoms with van der Waals surface area (Å²) in [6.07, 6.45) is 0. The zero-order valence-corrected chi connectivity index (χ0v) is 12.2. The minimum atomic E-state index is -0.356. The number of rotatable bonds is 4. The van der Waals surface area contributed by atoms with Crippen molar-refractivity contribution in [2.45, 2.75) is 26.5 Å². The van der Waals surface area contributed by atoms with Crippen molar-refractivity contribution in [3.05, 3.63) is 63.9 Å². The molecule has 0 fully saturated rings. The van der Waals surface area contributed by atoms with Gasteiger partial charge in [0, 0.05) is 17.2 Å². The summed E-state index contributed by atoms with van der Waals surface area (Å²) >= 11 is 5.98. The van der Waals surface area contributed by atoms with Crippen LogP contribution >= 0.6 is 11.6 Å². The molecule has 20 heavy (non-hydrogen) atoms. The van der Waals surface area contributed by atoms with E-state index in [9.17, 15) is 4.39 Å². The summed E-state index contributed by atoms with van der Waals surface area (Å²) in [5, 5.41) is 0.361. The van der Waals surface area contributed by atoms with Crippen LogP contribution in [0.1, 0.15) is 29.7 Å². The number of ether oxygens (including phenoxy) is 1. The summed E-state index contributed by atoms with van der Waals surface area (Å²) in [5.41, 5.74) is 8.76. The number of halogens is 2. The van der Waals surface area contributed by atoms with Crippen molar-refractivity contribution in [3.8, 4) is 5.75 Å². The Kier molecular flexibility index (Phi) is 4.63. The predicted molar refractivity (Wildman–Crippen MR) is 79.5 cm³/mol. The second-order valence-electron chi connectivity index (χ2n) is 4.85. The lowest BCUT2D eigenvalue weighted by Crippen LogP contribution is -2.08. The topological polar surface area (TPSA) is 35.2 Å². The Balaban J connectivity index is 2.18. The molecule has 2 N–H and O–H groups in total. The summed E-state index contributed by atoms with van der Waals surface area (Å²) in [6, 6.07) is 10.0. The van der Waals surface area contributed by atoms with Crippen molar-refractivity contribution in [2.24, 2.45) is 5.73 Å². The Morgan fingerprint density at radius 3 is 2.65 bits per heavy atom. The van der Waals surface area contributed by atoms with Crippen LogP contribution in [0.4, 0.5) is 4.39 Å². The van der Waals surface area contributed by atoms with Crippen LogP contribution in [0, 0.1) is 12.7 Å². The van der Waals surface area contributed by atoms with Crippen molar-refractivity contribution < 1.29 is 9.13 Å². The smallest absolute Gasteiger partial charge is 0.124 e. The number of hydrogen-bond acceptors (Lipinski definition) is 2. The highest BCUT2D eigenvalue weighted by Gasteiger charge is 2.10. The molecule has 0 heterocycles. The molecule has 0 aliphatic carbocycles. The second kappa shape index (κ2) is 6.25. The molecule has 0 unspecified atom stereocenters. The van der Waals surface area contributed by atoms with Crippen molar-refractivity contribution in [1.29, 1.82) is 0 Å². The van der Waals surface area contributed by atoms with E-state index in [0.717, 1.165) is 22.4 Å². The van der Waals surface area contributed by atoms with Crippen LogP contribution in [0.5, 0.6) is 5.75 Å². The van der Waals surface area contributed by atoms with Crippen LogP contribution in [0.3, 0.4) is 0 Å². The highest BCUT2D eigenvalue weighted by atomic mass is 35.5. The molecular formula is C16H17ClFNO. The molecule has 2 aromatic carbocycles. The van der Waals surface area contributed by atoms with Gasteiger partial charge in [-0.1, -0.05) is 35.4 Å². The van der Waals surface area contributed by atoms with Gasteiger partial charge in [-0.05, 0) is 32.0 Å². The first kappa shape index (κ1) is 14.8. The molecule has 0 saturated carbocycles. The van der Waals surface area contributed by atoms with Gasteiger partial charge >= 0.3 is 0 Å². The summed E-state index contributed by atoms with van der Waals surface area (Å²) in [6.45, 7) is 4.20. The van der Waals surface area contributed by atoms with E-state index in [1.165, 1.54) is 12.1 Å². The van der Waals surface area contributed by atoms with Gasteiger partial charge in [-0.3, -0.25) is 0 Å². The number of aryl methyl sites for hydroxylation is 1. The second-order valence-corrected chi connectivity index (χ2v) is 5.26. The number of benzene rings is 2. The van der Waals surface area contributed by atoms with Crippen LogP contribution in [-0.2, 0) is 6.61 Å². The van der Waals surface area contributed by atoms with Crippen molar-refractivity contribution in [1.82, 2.24) is 0 Å². The third-order valence-electron chi connectivity index (χ3n) is 3.05. The van der Waals surface area contributed by atoms with Crippen molar-refractivity contribution >= 4 is 11.6 Å². The summed E-state index contributed by atoms with van der Waals surface area (Å²) < 4.78 is 18.8. The zero-order chi connectivity index (χ0) is 14.7. The molecule has 0 aliphatic rings. The van der Waals surface area contributed by atoms with Gasteiger partial charge in [-0.2, -0.15) is 0 Å². The number of nitrogens with two attached hydrogens (primary N) is 1. The average molecular weight is 294 g/mol. The maximum absolute atomic E-state index is 13.0. The van der Waals surface area contributed by atoms with Crippen LogP contribution in [-0.4, -0.2) is 0 Å². The van der Waals surface area contributed by atoms with E-state index >= 15 is 0 Å². The molecule has 0 saturated heterocycles. The maximum atomic E-state index is 13.0. The first-order chi connectivity index (χ1) is 9.47. The average Bonchev–Trinajstić information content (AvgIpc) is 2.38. The minimum Gasteiger partial charge on any atom is -0.489 e. The summed E-state index contributed by atoms with van der Waals surface area (Å²) in [4.78, 5) is 0. The molecule has 0 aliphatic heterocycles. The molecule has 106 valence electrons. The third-order valence-corrected chi connectivity index (χ3v) is 3.41. The molecule has 2 nitrogen and oxygen atoms in total. The molecule has 0 radical (unpaired) electrons. The summed E-state index contributed by atoms with van der Waals surface area (Å²) in [5.74, 6) is 0.372. The fraction of sp³-hybridized carbons (Fsp3) is 0.250. The summed E-state index contributed by atoms with van der Waals surface area (Å²) in [7, 11) is 0. The predicted octanol–water partition coefficient (Wildman–Crippen LogP) is 4.39. The quantitative estimate of drug-likeness (QED) is 0.907. The van der Waals surface area contributed by atoms with Gasteiger partial charge in [0.15, 0.2) is 0 Å². The molecule has 0 bridgehead atoms. The minimum absolute atomic E-state index is 0.117.